The van der Waals surface area contributed by atoms with Crippen LogP contribution in [0.25, 0.3) is 16.7 Å². The number of benzene rings is 2. The molecule has 0 spiro atoms. The lowest BCUT2D eigenvalue weighted by Crippen LogP contribution is -1.98. The predicted molar refractivity (Wildman–Crippen MR) is 86.1 cm³/mol. The van der Waals surface area contributed by atoms with Gasteiger partial charge in [0.1, 0.15) is 5.82 Å². The van der Waals surface area contributed by atoms with Gasteiger partial charge in [-0.2, -0.15) is 0 Å². The number of imidazole rings is 1. The highest BCUT2D eigenvalue weighted by Gasteiger charge is 2.14. The number of nitrogens with one attached hydrogen (secondary N) is 1. The van der Waals surface area contributed by atoms with Crippen LogP contribution in [0.1, 0.15) is 0 Å². The van der Waals surface area contributed by atoms with Crippen LogP contribution in [0.2, 0.25) is 5.02 Å². The van der Waals surface area contributed by atoms with E-state index in [1.165, 1.54) is 16.7 Å². The topological polar surface area (TPSA) is 20.7 Å². The van der Waals surface area contributed by atoms with E-state index >= 15 is 0 Å². The van der Waals surface area contributed by atoms with Gasteiger partial charge in [0, 0.05) is 6.07 Å². The van der Waals surface area contributed by atoms with Crippen LogP contribution in [0.15, 0.2) is 30.3 Å². The number of nitrogens with zero attached hydrogens (tertiary/aromatic N) is 1. The monoisotopic (exact) mass is 422 g/mol. The molecular weight excluding hydrogens is 417 g/mol. The molecule has 1 N–H and O–H groups in total. The fraction of sp³-hybridized carbons (Fsp3) is 0. The van der Waals surface area contributed by atoms with Crippen molar-refractivity contribution in [3.8, 4) is 5.69 Å². The first-order valence-electron chi connectivity index (χ1n) is 5.53. The van der Waals surface area contributed by atoms with Crippen molar-refractivity contribution in [1.29, 1.82) is 0 Å². The van der Waals surface area contributed by atoms with Gasteiger partial charge in [-0.05, 0) is 53.0 Å². The second kappa shape index (κ2) is 5.09. The molecule has 0 saturated carbocycles. The summed E-state index contributed by atoms with van der Waals surface area (Å²) in [6.07, 6.45) is 0. The maximum absolute atomic E-state index is 14.1. The summed E-state index contributed by atoms with van der Waals surface area (Å²) in [6, 6.07) is 7.55. The number of aromatic nitrogens is 2. The maximum atomic E-state index is 14.1. The molecule has 0 bridgehead atoms. The molecule has 1 aromatic heterocycles. The summed E-state index contributed by atoms with van der Waals surface area (Å²) in [4.78, 5) is 2.94. The van der Waals surface area contributed by atoms with E-state index in [9.17, 15) is 8.78 Å². The molecule has 3 rings (SSSR count). The van der Waals surface area contributed by atoms with Crippen molar-refractivity contribution in [3.63, 3.8) is 0 Å². The summed E-state index contributed by atoms with van der Waals surface area (Å²) < 4.78 is 30.1. The van der Waals surface area contributed by atoms with E-state index in [0.717, 1.165) is 0 Å². The number of hydrogen-bond donors (Lipinski definition) is 1. The molecule has 2 nitrogen and oxygen atoms in total. The second-order valence-corrected chi connectivity index (χ2v) is 6.08. The number of halogens is 4. The third kappa shape index (κ3) is 2.15. The summed E-state index contributed by atoms with van der Waals surface area (Å²) in [6.45, 7) is 0. The number of fused-ring (bicyclic) bond motifs is 1. The van der Waals surface area contributed by atoms with Crippen molar-refractivity contribution in [2.75, 3.05) is 0 Å². The van der Waals surface area contributed by atoms with E-state index in [-0.39, 0.29) is 21.3 Å². The number of H-pyrrole nitrogens is 1. The van der Waals surface area contributed by atoms with Gasteiger partial charge in [0.15, 0.2) is 10.6 Å². The molecule has 0 aliphatic rings. The quantitative estimate of drug-likeness (QED) is 0.421. The lowest BCUT2D eigenvalue weighted by molar-refractivity contribution is 0.616. The van der Waals surface area contributed by atoms with Gasteiger partial charge in [-0.3, -0.25) is 4.57 Å². The first-order chi connectivity index (χ1) is 9.49. The zero-order valence-electron chi connectivity index (χ0n) is 9.75. The van der Waals surface area contributed by atoms with Crippen molar-refractivity contribution in [1.82, 2.24) is 9.55 Å². The molecule has 0 aliphatic heterocycles. The molecule has 102 valence electrons. The Balaban J connectivity index is 2.42. The molecule has 20 heavy (non-hydrogen) atoms. The average Bonchev–Trinajstić information content (AvgIpc) is 2.69. The van der Waals surface area contributed by atoms with Gasteiger partial charge in [-0.25, -0.2) is 8.78 Å². The smallest absolute Gasteiger partial charge is 0.182 e. The summed E-state index contributed by atoms with van der Waals surface area (Å²) in [5.41, 5.74) is 1.30. The molecule has 3 aromatic rings. The van der Waals surface area contributed by atoms with Crippen LogP contribution >= 0.6 is 46.4 Å². The molecule has 2 aromatic carbocycles. The highest BCUT2D eigenvalue weighted by Crippen LogP contribution is 2.27. The first kappa shape index (κ1) is 14.0. The lowest BCUT2D eigenvalue weighted by Gasteiger charge is -2.07. The number of aromatic amines is 1. The average molecular weight is 423 g/mol. The van der Waals surface area contributed by atoms with Crippen LogP contribution < -0.4 is 0 Å². The third-order valence-electron chi connectivity index (χ3n) is 2.90. The van der Waals surface area contributed by atoms with Gasteiger partial charge in [0.25, 0.3) is 0 Å². The SMILES string of the molecule is Fc1cc2c(cc1I)[nH]c(=S)n2-c1cccc(Cl)c1F. The van der Waals surface area contributed by atoms with Crippen LogP contribution in [0.5, 0.6) is 0 Å². The molecule has 0 radical (unpaired) electrons. The predicted octanol–water partition coefficient (Wildman–Crippen LogP) is 5.22. The Bertz CT molecular complexity index is 888. The van der Waals surface area contributed by atoms with Crippen molar-refractivity contribution >= 4 is 57.4 Å². The van der Waals surface area contributed by atoms with E-state index in [1.807, 2.05) is 22.6 Å². The Kier molecular flexibility index (Phi) is 3.55. The minimum absolute atomic E-state index is 0.00951. The van der Waals surface area contributed by atoms with Crippen molar-refractivity contribution in [2.45, 2.75) is 0 Å². The van der Waals surface area contributed by atoms with Crippen LogP contribution in [-0.2, 0) is 0 Å². The fourth-order valence-corrected chi connectivity index (χ4v) is 2.95. The zero-order valence-corrected chi connectivity index (χ0v) is 13.5. The van der Waals surface area contributed by atoms with E-state index in [2.05, 4.69) is 4.98 Å². The number of hydrogen-bond acceptors (Lipinski definition) is 1. The van der Waals surface area contributed by atoms with Crippen LogP contribution in [-0.4, -0.2) is 9.55 Å². The minimum Gasteiger partial charge on any atom is -0.330 e. The third-order valence-corrected chi connectivity index (χ3v) is 4.30. The Hall–Kier alpha value is -0.990. The van der Waals surface area contributed by atoms with Crippen molar-refractivity contribution in [3.05, 3.63) is 55.3 Å². The first-order valence-corrected chi connectivity index (χ1v) is 7.39. The summed E-state index contributed by atoms with van der Waals surface area (Å²) in [7, 11) is 0. The normalized spacial score (nSPS) is 11.2. The molecule has 0 fully saturated rings. The Morgan fingerprint density at radius 2 is 2.00 bits per heavy atom. The molecule has 0 aliphatic carbocycles. The molecule has 1 heterocycles. The van der Waals surface area contributed by atoms with Gasteiger partial charge in [0.2, 0.25) is 0 Å². The standard InChI is InChI=1S/C13H6ClF2IN2S/c14-6-2-1-3-10(12(6)16)19-11-4-7(15)8(17)5-9(11)18-13(19)20/h1-5H,(H,18,20). The van der Waals surface area contributed by atoms with Gasteiger partial charge in [-0.1, -0.05) is 17.7 Å². The summed E-state index contributed by atoms with van der Waals surface area (Å²) in [5.74, 6) is -0.978. The van der Waals surface area contributed by atoms with E-state index < -0.39 is 5.82 Å². The van der Waals surface area contributed by atoms with Gasteiger partial charge < -0.3 is 4.98 Å². The Morgan fingerprint density at radius 3 is 2.75 bits per heavy atom. The summed E-state index contributed by atoms with van der Waals surface area (Å²) in [5, 5.41) is -0.00951. The van der Waals surface area contributed by atoms with Gasteiger partial charge in [0.05, 0.1) is 25.3 Å². The van der Waals surface area contributed by atoms with Gasteiger partial charge in [-0.15, -0.1) is 0 Å². The van der Waals surface area contributed by atoms with Gasteiger partial charge >= 0.3 is 0 Å². The highest BCUT2D eigenvalue weighted by molar-refractivity contribution is 14.1. The molecule has 7 heteroatoms. The maximum Gasteiger partial charge on any atom is 0.182 e. The summed E-state index contributed by atoms with van der Waals surface area (Å²) >= 11 is 12.9. The molecule has 0 atom stereocenters. The molecular formula is C13H6ClF2IN2S. The van der Waals surface area contributed by atoms with Crippen LogP contribution in [0, 0.1) is 20.0 Å². The van der Waals surface area contributed by atoms with E-state index in [0.29, 0.717) is 14.6 Å². The molecule has 0 saturated heterocycles. The second-order valence-electron chi connectivity index (χ2n) is 4.12. The van der Waals surface area contributed by atoms with Crippen molar-refractivity contribution < 1.29 is 8.78 Å². The Morgan fingerprint density at radius 1 is 1.25 bits per heavy atom. The lowest BCUT2D eigenvalue weighted by atomic mass is 10.2. The van der Waals surface area contributed by atoms with E-state index in [4.69, 9.17) is 23.8 Å². The van der Waals surface area contributed by atoms with Crippen molar-refractivity contribution in [2.24, 2.45) is 0 Å². The van der Waals surface area contributed by atoms with E-state index in [1.54, 1.807) is 18.2 Å². The zero-order chi connectivity index (χ0) is 14.4. The highest BCUT2D eigenvalue weighted by atomic mass is 127. The molecule has 0 unspecified atom stereocenters. The fourth-order valence-electron chi connectivity index (χ4n) is 2.01. The minimum atomic E-state index is -0.592. The largest absolute Gasteiger partial charge is 0.330 e. The number of rotatable bonds is 1. The Labute approximate surface area is 136 Å². The van der Waals surface area contributed by atoms with Crippen LogP contribution in [0.3, 0.4) is 0 Å². The molecule has 0 amide bonds. The van der Waals surface area contributed by atoms with Crippen LogP contribution in [0.4, 0.5) is 8.78 Å².